The van der Waals surface area contributed by atoms with Crippen LogP contribution in [0.15, 0.2) is 53.4 Å². The van der Waals surface area contributed by atoms with Crippen LogP contribution in [0.5, 0.6) is 11.5 Å². The second kappa shape index (κ2) is 7.22. The van der Waals surface area contributed by atoms with Gasteiger partial charge >= 0.3 is 0 Å². The van der Waals surface area contributed by atoms with E-state index < -0.39 is 0 Å². The van der Waals surface area contributed by atoms with E-state index in [9.17, 15) is 4.79 Å². The second-order valence-electron chi connectivity index (χ2n) is 3.89. The Morgan fingerprint density at radius 2 is 1.65 bits per heavy atom. The van der Waals surface area contributed by atoms with Crippen molar-refractivity contribution in [2.24, 2.45) is 0 Å². The van der Waals surface area contributed by atoms with E-state index in [1.54, 1.807) is 55.6 Å². The van der Waals surface area contributed by atoms with Crippen molar-refractivity contribution in [3.05, 3.63) is 53.6 Å². The zero-order chi connectivity index (χ0) is 14.4. The zero-order valence-electron chi connectivity index (χ0n) is 10.8. The second-order valence-corrected chi connectivity index (χ2v) is 5.46. The van der Waals surface area contributed by atoms with Gasteiger partial charge in [-0.25, -0.2) is 0 Å². The van der Waals surface area contributed by atoms with Crippen LogP contribution in [-0.2, 0) is 4.79 Å². The average molecular weight is 309 g/mol. The van der Waals surface area contributed by atoms with E-state index in [0.29, 0.717) is 10.8 Å². The lowest BCUT2D eigenvalue weighted by Gasteiger charge is -2.06. The van der Waals surface area contributed by atoms with E-state index in [-0.39, 0.29) is 11.7 Å². The topological polar surface area (TPSA) is 35.5 Å². The molecule has 0 aliphatic carbocycles. The Bertz CT molecular complexity index is 567. The number of halogens is 1. The third kappa shape index (κ3) is 4.47. The summed E-state index contributed by atoms with van der Waals surface area (Å²) >= 11 is 6.92. The fourth-order valence-electron chi connectivity index (χ4n) is 1.48. The van der Waals surface area contributed by atoms with Gasteiger partial charge in [-0.2, -0.15) is 0 Å². The molecule has 2 aromatic rings. The van der Waals surface area contributed by atoms with Crippen molar-refractivity contribution in [3.8, 4) is 11.5 Å². The molecule has 104 valence electrons. The van der Waals surface area contributed by atoms with Gasteiger partial charge in [0.15, 0.2) is 6.61 Å². The Morgan fingerprint density at radius 1 is 1.05 bits per heavy atom. The van der Waals surface area contributed by atoms with Crippen molar-refractivity contribution < 1.29 is 14.3 Å². The van der Waals surface area contributed by atoms with Crippen LogP contribution < -0.4 is 9.47 Å². The quantitative estimate of drug-likeness (QED) is 0.781. The summed E-state index contributed by atoms with van der Waals surface area (Å²) in [5, 5.41) is 0.583. The van der Waals surface area contributed by atoms with E-state index in [2.05, 4.69) is 0 Å². The number of benzene rings is 2. The predicted octanol–water partition coefficient (Wildman–Crippen LogP) is 4.05. The molecule has 0 spiro atoms. The molecule has 0 aromatic heterocycles. The molecule has 2 rings (SSSR count). The summed E-state index contributed by atoms with van der Waals surface area (Å²) in [4.78, 5) is 12.6. The Labute approximate surface area is 126 Å². The highest BCUT2D eigenvalue weighted by atomic mass is 35.5. The van der Waals surface area contributed by atoms with Gasteiger partial charge in [-0.3, -0.25) is 4.79 Å². The van der Waals surface area contributed by atoms with Gasteiger partial charge in [-0.05, 0) is 60.3 Å². The molecule has 0 aliphatic heterocycles. The smallest absolute Gasteiger partial charge is 0.231 e. The fraction of sp³-hybridized carbons (Fsp3) is 0.133. The van der Waals surface area contributed by atoms with Crippen molar-refractivity contribution in [1.29, 1.82) is 0 Å². The van der Waals surface area contributed by atoms with Crippen LogP contribution in [0.3, 0.4) is 0 Å². The third-order valence-electron chi connectivity index (χ3n) is 2.46. The molecular formula is C15H13ClO3S. The summed E-state index contributed by atoms with van der Waals surface area (Å²) < 4.78 is 10.5. The van der Waals surface area contributed by atoms with Gasteiger partial charge in [0.25, 0.3) is 0 Å². The van der Waals surface area contributed by atoms with Gasteiger partial charge in [0.1, 0.15) is 11.5 Å². The number of hydrogen-bond acceptors (Lipinski definition) is 4. The van der Waals surface area contributed by atoms with E-state index in [4.69, 9.17) is 21.1 Å². The summed E-state index contributed by atoms with van der Waals surface area (Å²) in [6.45, 7) is 0.0135. The lowest BCUT2D eigenvalue weighted by atomic mass is 10.3. The first kappa shape index (κ1) is 14.8. The molecule has 0 amide bonds. The van der Waals surface area contributed by atoms with Crippen LogP contribution in [0.25, 0.3) is 0 Å². The van der Waals surface area contributed by atoms with Crippen molar-refractivity contribution in [2.45, 2.75) is 4.90 Å². The molecule has 0 bridgehead atoms. The molecular weight excluding hydrogens is 296 g/mol. The summed E-state index contributed by atoms with van der Waals surface area (Å²) in [7, 11) is 1.60. The van der Waals surface area contributed by atoms with Crippen molar-refractivity contribution in [3.63, 3.8) is 0 Å². The van der Waals surface area contributed by atoms with Crippen molar-refractivity contribution >= 4 is 28.5 Å². The number of hydrogen-bond donors (Lipinski definition) is 0. The minimum Gasteiger partial charge on any atom is -0.497 e. The molecule has 0 unspecified atom stereocenters. The molecule has 5 heteroatoms. The Balaban J connectivity index is 1.83. The number of ether oxygens (including phenoxy) is 2. The number of carbonyl (C=O) groups is 1. The summed E-state index contributed by atoms with van der Waals surface area (Å²) in [5.41, 5.74) is 0. The first-order valence-corrected chi connectivity index (χ1v) is 7.10. The Hall–Kier alpha value is -1.65. The van der Waals surface area contributed by atoms with E-state index in [0.717, 1.165) is 22.4 Å². The van der Waals surface area contributed by atoms with Crippen molar-refractivity contribution in [1.82, 2.24) is 0 Å². The van der Waals surface area contributed by atoms with Crippen molar-refractivity contribution in [2.75, 3.05) is 13.7 Å². The first-order chi connectivity index (χ1) is 9.67. The maximum absolute atomic E-state index is 11.8. The highest BCUT2D eigenvalue weighted by Gasteiger charge is 2.06. The fourth-order valence-corrected chi connectivity index (χ4v) is 2.26. The Kier molecular flexibility index (Phi) is 5.32. The normalized spacial score (nSPS) is 10.1. The highest BCUT2D eigenvalue weighted by Crippen LogP contribution is 2.22. The largest absolute Gasteiger partial charge is 0.497 e. The molecule has 0 saturated carbocycles. The van der Waals surface area contributed by atoms with E-state index in [1.807, 2.05) is 0 Å². The van der Waals surface area contributed by atoms with Crippen LogP contribution in [-0.4, -0.2) is 18.8 Å². The molecule has 0 saturated heterocycles. The first-order valence-electron chi connectivity index (χ1n) is 5.90. The number of methoxy groups -OCH3 is 1. The molecule has 0 fully saturated rings. The van der Waals surface area contributed by atoms with Crippen LogP contribution >= 0.6 is 23.4 Å². The molecule has 0 aliphatic rings. The van der Waals surface area contributed by atoms with E-state index in [1.165, 1.54) is 0 Å². The molecule has 0 heterocycles. The molecule has 0 radical (unpaired) electrons. The minimum atomic E-state index is -0.0665. The van der Waals surface area contributed by atoms with Gasteiger partial charge in [0.2, 0.25) is 5.12 Å². The lowest BCUT2D eigenvalue weighted by Crippen LogP contribution is -2.07. The molecule has 0 N–H and O–H groups in total. The van der Waals surface area contributed by atoms with Gasteiger partial charge in [0, 0.05) is 9.92 Å². The molecule has 20 heavy (non-hydrogen) atoms. The SMILES string of the molecule is COc1ccc(OCC(=O)Sc2ccc(Cl)cc2)cc1. The Morgan fingerprint density at radius 3 is 2.25 bits per heavy atom. The standard InChI is InChI=1S/C15H13ClO3S/c1-18-12-4-6-13(7-5-12)19-10-15(17)20-14-8-2-11(16)3-9-14/h2-9H,10H2,1H3. The maximum Gasteiger partial charge on any atom is 0.231 e. The summed E-state index contributed by atoms with van der Waals surface area (Å²) in [6.07, 6.45) is 0. The van der Waals surface area contributed by atoms with E-state index >= 15 is 0 Å². The van der Waals surface area contributed by atoms with Crippen LogP contribution in [0.4, 0.5) is 0 Å². The van der Waals surface area contributed by atoms with Crippen LogP contribution in [0.2, 0.25) is 5.02 Å². The highest BCUT2D eigenvalue weighted by molar-refractivity contribution is 8.13. The van der Waals surface area contributed by atoms with Gasteiger partial charge in [-0.15, -0.1) is 0 Å². The van der Waals surface area contributed by atoms with Crippen LogP contribution in [0, 0.1) is 0 Å². The lowest BCUT2D eigenvalue weighted by molar-refractivity contribution is -0.112. The van der Waals surface area contributed by atoms with Gasteiger partial charge < -0.3 is 9.47 Å². The minimum absolute atomic E-state index is 0.0135. The number of thioether (sulfide) groups is 1. The van der Waals surface area contributed by atoms with Crippen LogP contribution in [0.1, 0.15) is 0 Å². The number of carbonyl (C=O) groups excluding carboxylic acids is 1. The monoisotopic (exact) mass is 308 g/mol. The summed E-state index contributed by atoms with van der Waals surface area (Å²) in [6, 6.07) is 14.2. The van der Waals surface area contributed by atoms with Gasteiger partial charge in [-0.1, -0.05) is 11.6 Å². The third-order valence-corrected chi connectivity index (χ3v) is 3.57. The molecule has 2 aromatic carbocycles. The molecule has 3 nitrogen and oxygen atoms in total. The summed E-state index contributed by atoms with van der Waals surface area (Å²) in [5.74, 6) is 1.38. The number of rotatable bonds is 5. The maximum atomic E-state index is 11.8. The predicted molar refractivity (Wildman–Crippen MR) is 80.8 cm³/mol. The van der Waals surface area contributed by atoms with Gasteiger partial charge in [0.05, 0.1) is 7.11 Å². The zero-order valence-corrected chi connectivity index (χ0v) is 12.4. The average Bonchev–Trinajstić information content (AvgIpc) is 2.48. The molecule has 0 atom stereocenters.